The molecular formula is C24H32FN5O3. The van der Waals surface area contributed by atoms with Gasteiger partial charge in [-0.3, -0.25) is 9.59 Å². The summed E-state index contributed by atoms with van der Waals surface area (Å²) >= 11 is 0. The van der Waals surface area contributed by atoms with E-state index < -0.39 is 0 Å². The van der Waals surface area contributed by atoms with Gasteiger partial charge in [0.2, 0.25) is 11.8 Å². The highest BCUT2D eigenvalue weighted by Crippen LogP contribution is 2.20. The summed E-state index contributed by atoms with van der Waals surface area (Å²) in [5.41, 5.74) is 1.48. The molecule has 2 amide bonds. The Morgan fingerprint density at radius 2 is 1.85 bits per heavy atom. The van der Waals surface area contributed by atoms with E-state index in [4.69, 9.17) is 4.74 Å². The number of nitrogens with zero attached hydrogens (tertiary/aromatic N) is 5. The number of hydrogen-bond acceptors (Lipinski definition) is 6. The predicted octanol–water partition coefficient (Wildman–Crippen LogP) is 2.60. The Morgan fingerprint density at radius 1 is 1.06 bits per heavy atom. The number of benzene rings is 1. The molecule has 0 spiro atoms. The Kier molecular flexibility index (Phi) is 9.12. The Hall–Kier alpha value is -3.07. The van der Waals surface area contributed by atoms with E-state index in [1.807, 2.05) is 17.0 Å². The maximum atomic E-state index is 13.1. The molecule has 1 fully saturated rings. The standard InChI is InChI=1S/C24H32FN5O3/c1-3-4-12-30(24(32)18-33-2)17-23(31)29-14-5-13-28(15-16-29)22-11-10-21(26-27-22)19-6-8-20(25)9-7-19/h6-11H,3-5,12-18H2,1-2H3. The van der Waals surface area contributed by atoms with E-state index >= 15 is 0 Å². The van der Waals surface area contributed by atoms with E-state index in [-0.39, 0.29) is 30.8 Å². The van der Waals surface area contributed by atoms with Crippen molar-refractivity contribution in [2.45, 2.75) is 26.2 Å². The van der Waals surface area contributed by atoms with Crippen LogP contribution < -0.4 is 4.90 Å². The number of carbonyl (C=O) groups excluding carboxylic acids is 2. The predicted molar refractivity (Wildman–Crippen MR) is 124 cm³/mol. The largest absolute Gasteiger partial charge is 0.375 e. The lowest BCUT2D eigenvalue weighted by molar-refractivity contribution is -0.142. The van der Waals surface area contributed by atoms with E-state index in [0.29, 0.717) is 31.9 Å². The molecule has 1 aliphatic heterocycles. The first-order valence-corrected chi connectivity index (χ1v) is 11.4. The van der Waals surface area contributed by atoms with E-state index in [1.165, 1.54) is 19.2 Å². The number of amides is 2. The first-order chi connectivity index (χ1) is 16.0. The van der Waals surface area contributed by atoms with Crippen molar-refractivity contribution in [3.63, 3.8) is 0 Å². The van der Waals surface area contributed by atoms with Crippen LogP contribution in [-0.4, -0.2) is 84.8 Å². The normalized spacial score (nSPS) is 14.2. The Labute approximate surface area is 194 Å². The number of anilines is 1. The number of ether oxygens (including phenoxy) is 1. The van der Waals surface area contributed by atoms with Crippen molar-refractivity contribution in [2.24, 2.45) is 0 Å². The number of unbranched alkanes of at least 4 members (excludes halogenated alkanes) is 1. The highest BCUT2D eigenvalue weighted by Gasteiger charge is 2.23. The summed E-state index contributed by atoms with van der Waals surface area (Å²) in [6.07, 6.45) is 2.60. The lowest BCUT2D eigenvalue weighted by atomic mass is 10.1. The molecular weight excluding hydrogens is 425 g/mol. The van der Waals surface area contributed by atoms with Crippen LogP contribution in [0.15, 0.2) is 36.4 Å². The van der Waals surface area contributed by atoms with Crippen LogP contribution in [0.5, 0.6) is 0 Å². The van der Waals surface area contributed by atoms with Crippen molar-refractivity contribution in [2.75, 3.05) is 57.9 Å². The van der Waals surface area contributed by atoms with Gasteiger partial charge in [0.05, 0.1) is 12.2 Å². The average Bonchev–Trinajstić information content (AvgIpc) is 3.09. The van der Waals surface area contributed by atoms with Crippen LogP contribution in [0.4, 0.5) is 10.2 Å². The highest BCUT2D eigenvalue weighted by atomic mass is 19.1. The van der Waals surface area contributed by atoms with Crippen molar-refractivity contribution in [1.29, 1.82) is 0 Å². The molecule has 0 unspecified atom stereocenters. The Balaban J connectivity index is 1.58. The van der Waals surface area contributed by atoms with Crippen molar-refractivity contribution < 1.29 is 18.7 Å². The fourth-order valence-corrected chi connectivity index (χ4v) is 3.78. The van der Waals surface area contributed by atoms with E-state index in [1.54, 1.807) is 17.0 Å². The number of rotatable bonds is 9. The summed E-state index contributed by atoms with van der Waals surface area (Å²) in [5, 5.41) is 8.64. The number of hydrogen-bond donors (Lipinski definition) is 0. The zero-order valence-electron chi connectivity index (χ0n) is 19.4. The fourth-order valence-electron chi connectivity index (χ4n) is 3.78. The van der Waals surface area contributed by atoms with Crippen LogP contribution in [0.1, 0.15) is 26.2 Å². The van der Waals surface area contributed by atoms with Crippen molar-refractivity contribution in [3.8, 4) is 11.3 Å². The van der Waals surface area contributed by atoms with Crippen molar-refractivity contribution in [1.82, 2.24) is 20.0 Å². The SMILES string of the molecule is CCCCN(CC(=O)N1CCCN(c2ccc(-c3ccc(F)cc3)nn2)CC1)C(=O)COC. The minimum atomic E-state index is -0.288. The second kappa shape index (κ2) is 12.2. The monoisotopic (exact) mass is 457 g/mol. The van der Waals surface area contributed by atoms with Crippen molar-refractivity contribution in [3.05, 3.63) is 42.2 Å². The zero-order chi connectivity index (χ0) is 23.6. The minimum Gasteiger partial charge on any atom is -0.375 e. The molecule has 1 aliphatic rings. The van der Waals surface area contributed by atoms with Gasteiger partial charge >= 0.3 is 0 Å². The molecule has 0 bridgehead atoms. The summed E-state index contributed by atoms with van der Waals surface area (Å²) in [4.78, 5) is 30.8. The third kappa shape index (κ3) is 6.95. The van der Waals surface area contributed by atoms with Crippen LogP contribution in [-0.2, 0) is 14.3 Å². The summed E-state index contributed by atoms with van der Waals surface area (Å²) in [7, 11) is 1.48. The molecule has 0 N–H and O–H groups in total. The van der Waals surface area contributed by atoms with Crippen LogP contribution in [0.3, 0.4) is 0 Å². The van der Waals surface area contributed by atoms with Gasteiger partial charge in [-0.05, 0) is 49.2 Å². The van der Waals surface area contributed by atoms with Gasteiger partial charge < -0.3 is 19.4 Å². The maximum absolute atomic E-state index is 13.1. The summed E-state index contributed by atoms with van der Waals surface area (Å²) in [5.74, 6) is 0.251. The molecule has 2 aromatic rings. The molecule has 33 heavy (non-hydrogen) atoms. The van der Waals surface area contributed by atoms with Gasteiger partial charge in [0.1, 0.15) is 12.4 Å². The van der Waals surface area contributed by atoms with Gasteiger partial charge in [0.25, 0.3) is 0 Å². The molecule has 0 atom stereocenters. The average molecular weight is 458 g/mol. The quantitative estimate of drug-likeness (QED) is 0.576. The third-order valence-electron chi connectivity index (χ3n) is 5.69. The Morgan fingerprint density at radius 3 is 2.52 bits per heavy atom. The first kappa shape index (κ1) is 24.6. The summed E-state index contributed by atoms with van der Waals surface area (Å²) < 4.78 is 18.1. The number of halogens is 1. The molecule has 3 rings (SSSR count). The highest BCUT2D eigenvalue weighted by molar-refractivity contribution is 5.85. The van der Waals surface area contributed by atoms with Gasteiger partial charge in [-0.2, -0.15) is 0 Å². The molecule has 1 aromatic carbocycles. The van der Waals surface area contributed by atoms with E-state index in [0.717, 1.165) is 37.2 Å². The van der Waals surface area contributed by atoms with E-state index in [9.17, 15) is 14.0 Å². The zero-order valence-corrected chi connectivity index (χ0v) is 19.4. The molecule has 178 valence electrons. The van der Waals surface area contributed by atoms with Gasteiger partial charge in [-0.25, -0.2) is 4.39 Å². The molecule has 0 aliphatic carbocycles. The molecule has 8 nitrogen and oxygen atoms in total. The first-order valence-electron chi connectivity index (χ1n) is 11.4. The molecule has 0 saturated carbocycles. The molecule has 1 saturated heterocycles. The maximum Gasteiger partial charge on any atom is 0.249 e. The number of carbonyl (C=O) groups is 2. The van der Waals surface area contributed by atoms with Gasteiger partial charge in [0.15, 0.2) is 5.82 Å². The fraction of sp³-hybridized carbons (Fsp3) is 0.500. The van der Waals surface area contributed by atoms with Gasteiger partial charge in [-0.15, -0.1) is 10.2 Å². The lowest BCUT2D eigenvalue weighted by Crippen LogP contribution is -2.45. The number of methoxy groups -OCH3 is 1. The molecule has 0 radical (unpaired) electrons. The molecule has 9 heteroatoms. The van der Waals surface area contributed by atoms with Gasteiger partial charge in [-0.1, -0.05) is 13.3 Å². The van der Waals surface area contributed by atoms with Crippen molar-refractivity contribution >= 4 is 17.6 Å². The third-order valence-corrected chi connectivity index (χ3v) is 5.69. The number of aromatic nitrogens is 2. The summed E-state index contributed by atoms with van der Waals surface area (Å²) in [6.45, 7) is 5.26. The van der Waals surface area contributed by atoms with Crippen LogP contribution in [0.2, 0.25) is 0 Å². The minimum absolute atomic E-state index is 0.0165. The van der Waals surface area contributed by atoms with E-state index in [2.05, 4.69) is 22.0 Å². The second-order valence-electron chi connectivity index (χ2n) is 8.11. The lowest BCUT2D eigenvalue weighted by Gasteiger charge is -2.27. The molecule has 2 heterocycles. The smallest absolute Gasteiger partial charge is 0.249 e. The summed E-state index contributed by atoms with van der Waals surface area (Å²) in [6, 6.07) is 9.93. The Bertz CT molecular complexity index is 907. The van der Waals surface area contributed by atoms with Crippen LogP contribution in [0, 0.1) is 5.82 Å². The second-order valence-corrected chi connectivity index (χ2v) is 8.11. The van der Waals surface area contributed by atoms with Crippen LogP contribution >= 0.6 is 0 Å². The van der Waals surface area contributed by atoms with Gasteiger partial charge in [0, 0.05) is 45.4 Å². The van der Waals surface area contributed by atoms with Crippen LogP contribution in [0.25, 0.3) is 11.3 Å². The topological polar surface area (TPSA) is 78.9 Å². The molecule has 1 aromatic heterocycles.